The lowest BCUT2D eigenvalue weighted by Crippen LogP contribution is -2.27. The molecule has 0 radical (unpaired) electrons. The Balaban J connectivity index is 2.51. The van der Waals surface area contributed by atoms with Gasteiger partial charge >= 0.3 is 5.97 Å². The second-order valence-corrected chi connectivity index (χ2v) is 5.18. The van der Waals surface area contributed by atoms with Crippen LogP contribution in [0.3, 0.4) is 0 Å². The number of nitrogens with zero attached hydrogens (tertiary/aromatic N) is 1. The highest BCUT2D eigenvalue weighted by atomic mass is 16.5. The summed E-state index contributed by atoms with van der Waals surface area (Å²) < 4.78 is 5.22. The highest BCUT2D eigenvalue weighted by Crippen LogP contribution is 2.22. The number of phenolic OH excluding ortho intramolecular Hbond substituents is 1. The summed E-state index contributed by atoms with van der Waals surface area (Å²) in [5, 5.41) is 13.2. The summed E-state index contributed by atoms with van der Waals surface area (Å²) in [6.07, 6.45) is 2.17. The van der Waals surface area contributed by atoms with Gasteiger partial charge in [-0.05, 0) is 31.6 Å². The van der Waals surface area contributed by atoms with E-state index in [2.05, 4.69) is 31.0 Å². The number of esters is 1. The number of carbonyl (C=O) groups is 1. The van der Waals surface area contributed by atoms with Crippen molar-refractivity contribution in [1.29, 1.82) is 0 Å². The third kappa shape index (κ3) is 5.93. The fourth-order valence-corrected chi connectivity index (χ4v) is 2.11. The number of hydrogen-bond acceptors (Lipinski definition) is 5. The molecule has 0 aliphatic heterocycles. The van der Waals surface area contributed by atoms with Crippen molar-refractivity contribution in [3.63, 3.8) is 0 Å². The Morgan fingerprint density at radius 1 is 1.27 bits per heavy atom. The number of hydrogen-bond donors (Lipinski definition) is 2. The van der Waals surface area contributed by atoms with Crippen LogP contribution in [-0.4, -0.2) is 48.8 Å². The van der Waals surface area contributed by atoms with E-state index < -0.39 is 5.97 Å². The lowest BCUT2D eigenvalue weighted by molar-refractivity contribution is 0.0463. The number of unbranched alkanes of at least 4 members (excludes halogenated alkanes) is 1. The molecule has 5 nitrogen and oxygen atoms in total. The molecule has 0 saturated heterocycles. The molecule has 5 heteroatoms. The molecule has 0 unspecified atom stereocenters. The summed E-state index contributed by atoms with van der Waals surface area (Å²) >= 11 is 0. The topological polar surface area (TPSA) is 61.8 Å². The molecule has 1 rings (SSSR count). The number of likely N-dealkylation sites (N-methyl/N-ethyl adjacent to an activating group) is 1. The molecule has 0 aromatic heterocycles. The minimum Gasteiger partial charge on any atom is -0.507 e. The standard InChI is InChI=1S/C17H28N2O3/c1-4-7-10-18-14-8-9-15(16(20)13-14)17(21)22-12-11-19(5-2)6-3/h8-9,13,18,20H,4-7,10-12H2,1-3H3. The molecule has 124 valence electrons. The van der Waals surface area contributed by atoms with Crippen LogP contribution in [0.4, 0.5) is 5.69 Å². The van der Waals surface area contributed by atoms with Gasteiger partial charge in [-0.3, -0.25) is 0 Å². The Morgan fingerprint density at radius 3 is 2.59 bits per heavy atom. The maximum absolute atomic E-state index is 12.0. The van der Waals surface area contributed by atoms with Gasteiger partial charge in [-0.1, -0.05) is 27.2 Å². The van der Waals surface area contributed by atoms with Crippen molar-refractivity contribution in [2.45, 2.75) is 33.6 Å². The smallest absolute Gasteiger partial charge is 0.341 e. The predicted octanol–water partition coefficient (Wildman–Crippen LogP) is 3.10. The minimum absolute atomic E-state index is 0.0469. The number of nitrogens with one attached hydrogen (secondary N) is 1. The monoisotopic (exact) mass is 308 g/mol. The van der Waals surface area contributed by atoms with Crippen LogP contribution in [0.25, 0.3) is 0 Å². The van der Waals surface area contributed by atoms with Crippen LogP contribution in [0.1, 0.15) is 44.0 Å². The van der Waals surface area contributed by atoms with E-state index in [1.54, 1.807) is 18.2 Å². The third-order valence-corrected chi connectivity index (χ3v) is 3.61. The van der Waals surface area contributed by atoms with Gasteiger partial charge < -0.3 is 20.1 Å². The first-order chi connectivity index (χ1) is 10.6. The van der Waals surface area contributed by atoms with Gasteiger partial charge in [-0.2, -0.15) is 0 Å². The first-order valence-corrected chi connectivity index (χ1v) is 8.08. The maximum atomic E-state index is 12.0. The predicted molar refractivity (Wildman–Crippen MR) is 89.6 cm³/mol. The van der Waals surface area contributed by atoms with Gasteiger partial charge in [0.15, 0.2) is 0 Å². The first kappa shape index (κ1) is 18.3. The summed E-state index contributed by atoms with van der Waals surface area (Å²) in [6, 6.07) is 4.95. The van der Waals surface area contributed by atoms with Crippen molar-refractivity contribution in [3.05, 3.63) is 23.8 Å². The average Bonchev–Trinajstić information content (AvgIpc) is 2.52. The van der Waals surface area contributed by atoms with Crippen LogP contribution >= 0.6 is 0 Å². The average molecular weight is 308 g/mol. The Labute approximate surface area is 133 Å². The molecule has 0 aliphatic rings. The number of benzene rings is 1. The van der Waals surface area contributed by atoms with Crippen LogP contribution in [0, 0.1) is 0 Å². The zero-order valence-electron chi connectivity index (χ0n) is 13.9. The Kier molecular flexibility index (Phi) is 8.36. The fourth-order valence-electron chi connectivity index (χ4n) is 2.11. The molecule has 0 aliphatic carbocycles. The molecule has 0 heterocycles. The molecule has 1 aromatic carbocycles. The number of rotatable bonds is 10. The van der Waals surface area contributed by atoms with Crippen molar-refractivity contribution in [2.75, 3.05) is 38.1 Å². The molecule has 0 fully saturated rings. The Hall–Kier alpha value is -1.75. The molecule has 0 amide bonds. The number of ether oxygens (including phenoxy) is 1. The second-order valence-electron chi connectivity index (χ2n) is 5.18. The van der Waals surface area contributed by atoms with E-state index in [9.17, 15) is 9.90 Å². The van der Waals surface area contributed by atoms with E-state index in [0.29, 0.717) is 13.2 Å². The number of anilines is 1. The molecule has 0 bridgehead atoms. The van der Waals surface area contributed by atoms with Crippen LogP contribution in [0.5, 0.6) is 5.75 Å². The van der Waals surface area contributed by atoms with Gasteiger partial charge in [0.05, 0.1) is 0 Å². The molecule has 0 spiro atoms. The van der Waals surface area contributed by atoms with Crippen molar-refractivity contribution >= 4 is 11.7 Å². The summed E-state index contributed by atoms with van der Waals surface area (Å²) in [4.78, 5) is 14.1. The third-order valence-electron chi connectivity index (χ3n) is 3.61. The largest absolute Gasteiger partial charge is 0.507 e. The molecule has 2 N–H and O–H groups in total. The van der Waals surface area contributed by atoms with Crippen LogP contribution in [-0.2, 0) is 4.74 Å². The van der Waals surface area contributed by atoms with Crippen LogP contribution < -0.4 is 5.32 Å². The summed E-state index contributed by atoms with van der Waals surface area (Å²) in [5.41, 5.74) is 1.02. The summed E-state index contributed by atoms with van der Waals surface area (Å²) in [6.45, 7) is 10.0. The van der Waals surface area contributed by atoms with Crippen molar-refractivity contribution in [2.24, 2.45) is 0 Å². The Bertz CT molecular complexity index is 459. The minimum atomic E-state index is -0.482. The van der Waals surface area contributed by atoms with Gasteiger partial charge in [-0.25, -0.2) is 4.79 Å². The van der Waals surface area contributed by atoms with Gasteiger partial charge in [-0.15, -0.1) is 0 Å². The summed E-state index contributed by atoms with van der Waals surface area (Å²) in [5.74, 6) is -0.529. The molecule has 0 atom stereocenters. The lowest BCUT2D eigenvalue weighted by atomic mass is 10.2. The Morgan fingerprint density at radius 2 is 2.00 bits per heavy atom. The van der Waals surface area contributed by atoms with E-state index in [1.165, 1.54) is 0 Å². The zero-order valence-corrected chi connectivity index (χ0v) is 13.9. The normalized spacial score (nSPS) is 10.7. The van der Waals surface area contributed by atoms with Crippen LogP contribution in [0.2, 0.25) is 0 Å². The van der Waals surface area contributed by atoms with Crippen molar-refractivity contribution in [3.8, 4) is 5.75 Å². The molecule has 22 heavy (non-hydrogen) atoms. The van der Waals surface area contributed by atoms with Gasteiger partial charge in [0.2, 0.25) is 0 Å². The van der Waals surface area contributed by atoms with Crippen molar-refractivity contribution < 1.29 is 14.6 Å². The lowest BCUT2D eigenvalue weighted by Gasteiger charge is -2.17. The van der Waals surface area contributed by atoms with E-state index in [4.69, 9.17) is 4.74 Å². The SMILES string of the molecule is CCCCNc1ccc(C(=O)OCCN(CC)CC)c(O)c1. The van der Waals surface area contributed by atoms with E-state index >= 15 is 0 Å². The van der Waals surface area contributed by atoms with Gasteiger partial charge in [0.25, 0.3) is 0 Å². The van der Waals surface area contributed by atoms with Gasteiger partial charge in [0.1, 0.15) is 17.9 Å². The van der Waals surface area contributed by atoms with Crippen LogP contribution in [0.15, 0.2) is 18.2 Å². The van der Waals surface area contributed by atoms with E-state index in [1.807, 2.05) is 0 Å². The van der Waals surface area contributed by atoms with Gasteiger partial charge in [0, 0.05) is 24.8 Å². The first-order valence-electron chi connectivity index (χ1n) is 8.08. The molecular formula is C17H28N2O3. The quantitative estimate of drug-likeness (QED) is 0.514. The maximum Gasteiger partial charge on any atom is 0.341 e. The molecular weight excluding hydrogens is 280 g/mol. The second kappa shape index (κ2) is 10.1. The number of phenols is 1. The highest BCUT2D eigenvalue weighted by molar-refractivity contribution is 5.93. The number of aromatic hydroxyl groups is 1. The van der Waals surface area contributed by atoms with Crippen molar-refractivity contribution in [1.82, 2.24) is 4.90 Å². The number of carbonyl (C=O) groups excluding carboxylic acids is 1. The summed E-state index contributed by atoms with van der Waals surface area (Å²) in [7, 11) is 0. The highest BCUT2D eigenvalue weighted by Gasteiger charge is 2.13. The molecule has 1 aromatic rings. The zero-order chi connectivity index (χ0) is 16.4. The van der Waals surface area contributed by atoms with E-state index in [-0.39, 0.29) is 11.3 Å². The fraction of sp³-hybridized carbons (Fsp3) is 0.588. The van der Waals surface area contributed by atoms with E-state index in [0.717, 1.165) is 38.2 Å². The molecule has 0 saturated carbocycles.